The second kappa shape index (κ2) is 29.0. The average Bonchev–Trinajstić information content (AvgIpc) is 3.63. The number of primary amides is 1. The molecule has 6 rings (SSSR count). The molecule has 0 aliphatic carbocycles. The third-order valence-corrected chi connectivity index (χ3v) is 7.78. The van der Waals surface area contributed by atoms with E-state index in [1.165, 1.54) is 17.0 Å². The lowest BCUT2D eigenvalue weighted by atomic mass is 10.1. The van der Waals surface area contributed by atoms with Gasteiger partial charge in [0.25, 0.3) is 11.7 Å². The highest BCUT2D eigenvalue weighted by molar-refractivity contribution is 6.09. The molecule has 0 unspecified atom stereocenters. The molecule has 0 atom stereocenters. The van der Waals surface area contributed by atoms with Crippen molar-refractivity contribution in [3.63, 3.8) is 0 Å². The van der Waals surface area contributed by atoms with Crippen LogP contribution in [-0.2, 0) is 35.2 Å². The number of fused-ring (bicyclic) bond motifs is 1. The third-order valence-electron chi connectivity index (χ3n) is 7.78. The highest BCUT2D eigenvalue weighted by Gasteiger charge is 2.35. The quantitative estimate of drug-likeness (QED) is 0.0551. The number of isocyanates is 1. The Morgan fingerprint density at radius 2 is 1.30 bits per heavy atom. The van der Waals surface area contributed by atoms with Gasteiger partial charge in [0.1, 0.15) is 41.1 Å². The number of carbonyl (C=O) groups excluding carboxylic acids is 8. The Bertz CT molecular complexity index is 2530. The molecule has 5 aromatic rings. The molecule has 1 aliphatic heterocycles. The number of nitriles is 1. The summed E-state index contributed by atoms with van der Waals surface area (Å²) in [6.45, 7) is 15.3. The Balaban J connectivity index is 0.000000479. The maximum absolute atomic E-state index is 12.7. The van der Waals surface area contributed by atoms with Gasteiger partial charge in [-0.3, -0.25) is 19.3 Å². The molecule has 1 aliphatic rings. The first-order chi connectivity index (χ1) is 30.7. The topological polar surface area (TPSA) is 303 Å². The van der Waals surface area contributed by atoms with Gasteiger partial charge in [-0.25, -0.2) is 14.8 Å². The van der Waals surface area contributed by atoms with Crippen molar-refractivity contribution in [2.75, 3.05) is 18.1 Å². The van der Waals surface area contributed by atoms with Crippen LogP contribution in [0.25, 0.3) is 16.2 Å². The molecule has 1 aromatic heterocycles. The number of anilines is 2. The minimum Gasteiger partial charge on any atom is -0.494 e. The monoisotopic (exact) mass is 867 g/mol. The van der Waals surface area contributed by atoms with Crippen LogP contribution in [0.5, 0.6) is 11.5 Å². The summed E-state index contributed by atoms with van der Waals surface area (Å²) in [6.07, 6.45) is 2.83. The molecule has 0 saturated carbocycles. The summed E-state index contributed by atoms with van der Waals surface area (Å²) in [5.41, 5.74) is 20.6. The number of nitrogens with zero attached hydrogens (tertiary/aromatic N) is 6. The van der Waals surface area contributed by atoms with Gasteiger partial charge in [0.05, 0.1) is 31.0 Å². The van der Waals surface area contributed by atoms with Crippen LogP contribution in [0, 0.1) is 31.8 Å². The smallest absolute Gasteiger partial charge is 0.373 e. The number of aliphatic imine (C=N–C) groups is 1. The minimum atomic E-state index is -0.686. The Hall–Kier alpha value is -9.37. The van der Waals surface area contributed by atoms with Gasteiger partial charge in [0.2, 0.25) is 12.0 Å². The van der Waals surface area contributed by atoms with Crippen LogP contribution in [-0.4, -0.2) is 59.7 Å². The fraction of sp³-hybridized carbons (Fsp3) is 0.156. The minimum absolute atomic E-state index is 0.0328. The summed E-state index contributed by atoms with van der Waals surface area (Å²) >= 11 is 0. The number of hydrogen-bond donors (Lipinski definition) is 3. The van der Waals surface area contributed by atoms with E-state index in [0.29, 0.717) is 52.9 Å². The van der Waals surface area contributed by atoms with Gasteiger partial charge in [-0.2, -0.15) is 29.4 Å². The number of aldehydes is 1. The predicted octanol–water partition coefficient (Wildman–Crippen LogP) is 5.38. The lowest BCUT2D eigenvalue weighted by Gasteiger charge is -2.18. The Morgan fingerprint density at radius 1 is 0.812 bits per heavy atom. The van der Waals surface area contributed by atoms with Gasteiger partial charge < -0.3 is 31.5 Å². The van der Waals surface area contributed by atoms with E-state index >= 15 is 0 Å². The molecule has 0 fully saturated rings. The van der Waals surface area contributed by atoms with Crippen LogP contribution in [0.2, 0.25) is 0 Å². The number of ether oxygens (including phenoxy) is 2. The lowest BCUT2D eigenvalue weighted by Crippen LogP contribution is -2.21. The number of allylic oxidation sites excluding steroid dienone is 1. The van der Waals surface area contributed by atoms with Crippen LogP contribution in [0.4, 0.5) is 17.2 Å². The number of amides is 2. The van der Waals surface area contributed by atoms with Crippen molar-refractivity contribution in [1.82, 2.24) is 9.97 Å². The van der Waals surface area contributed by atoms with Crippen LogP contribution in [0.15, 0.2) is 114 Å². The number of nitrogens with two attached hydrogens (primary N) is 3. The first kappa shape index (κ1) is 52.6. The largest absolute Gasteiger partial charge is 0.494 e. The molecule has 326 valence electrons. The van der Waals surface area contributed by atoms with Crippen molar-refractivity contribution in [2.45, 2.75) is 34.1 Å². The standard InChI is InChI=1S/C22H20N4O3.C9H10O2.C8H7NO.C4H4N4.2CO2/c1-3-29-16-10-6-14(7-11-16)21-24-19(20(23)28)17-12-18(27)26(22(17)25-21)15-8-4-13(2)5-9-15;1-2-11-9-5-3-8(7-10)4-6-9;1-7-2-4-8(5-3-7)9-6-10;1-8-4(7)3(6)2-5;2*2-1-3/h4-11H,3,12H2,1-2H3,(H2,23,28);3-7H,2H2,1H3;2-5H,1H3;6-7H2;;/b;;;4-3+;;. The summed E-state index contributed by atoms with van der Waals surface area (Å²) < 4.78 is 10.7. The lowest BCUT2D eigenvalue weighted by molar-refractivity contribution is -0.193. The molecule has 0 spiro atoms. The third kappa shape index (κ3) is 17.5. The number of aryl methyl sites for hydroxylation is 2. The molecule has 64 heavy (non-hydrogen) atoms. The zero-order valence-electron chi connectivity index (χ0n) is 34.9. The average molecular weight is 868 g/mol. The van der Waals surface area contributed by atoms with Gasteiger partial charge in [-0.15, -0.1) is 0 Å². The maximum Gasteiger partial charge on any atom is 0.373 e. The molecule has 2 heterocycles. The van der Waals surface area contributed by atoms with Gasteiger partial charge >= 0.3 is 12.3 Å². The van der Waals surface area contributed by atoms with E-state index in [9.17, 15) is 19.2 Å². The Kier molecular flexibility index (Phi) is 23.8. The van der Waals surface area contributed by atoms with Gasteiger partial charge in [0, 0.05) is 16.7 Å². The summed E-state index contributed by atoms with van der Waals surface area (Å²) in [6, 6.07) is 30.7. The Labute approximate surface area is 367 Å². The van der Waals surface area contributed by atoms with Crippen LogP contribution in [0.1, 0.15) is 51.4 Å². The van der Waals surface area contributed by atoms with Crippen molar-refractivity contribution in [3.05, 3.63) is 148 Å². The molecule has 19 nitrogen and oxygen atoms in total. The number of benzene rings is 4. The number of rotatable bonds is 9. The molecule has 4 aromatic carbocycles. The van der Waals surface area contributed by atoms with Crippen molar-refractivity contribution in [1.29, 1.82) is 5.26 Å². The van der Waals surface area contributed by atoms with E-state index in [0.717, 1.165) is 28.9 Å². The van der Waals surface area contributed by atoms with Crippen molar-refractivity contribution in [2.24, 2.45) is 22.2 Å². The molecule has 2 amide bonds. The summed E-state index contributed by atoms with van der Waals surface area (Å²) in [5.74, 6) is 1.15. The highest BCUT2D eigenvalue weighted by atomic mass is 16.5. The first-order valence-electron chi connectivity index (χ1n) is 18.4. The first-order valence-corrected chi connectivity index (χ1v) is 18.4. The fourth-order valence-corrected chi connectivity index (χ4v) is 4.93. The second-order valence-corrected chi connectivity index (χ2v) is 12.1. The molecule has 6 N–H and O–H groups in total. The maximum atomic E-state index is 12.7. The molecule has 0 radical (unpaired) electrons. The second-order valence-electron chi connectivity index (χ2n) is 12.1. The van der Waals surface area contributed by atoms with Crippen molar-refractivity contribution < 1.29 is 47.8 Å². The molecular formula is C45H41N9O10. The van der Waals surface area contributed by atoms with Crippen molar-refractivity contribution >= 4 is 53.7 Å². The molecule has 0 saturated heterocycles. The van der Waals surface area contributed by atoms with E-state index in [2.05, 4.69) is 19.8 Å². The molecule has 0 bridgehead atoms. The molecule has 19 heteroatoms. The van der Waals surface area contributed by atoms with Gasteiger partial charge in [-0.05, 0) is 100 Å². The normalized spacial score (nSPS) is 10.3. The SMILES string of the molecule is CCOc1ccc(-c2nc(C(N)=O)c3c(n2)N(c2ccc(C)cc2)C(=O)C3)cc1.CCOc1ccc(C=O)cc1.Cc1ccc(N=C=O)cc1.O=C=O.O=C=O.[C-]#[N+]/C(N)=C(/N)C#N. The van der Waals surface area contributed by atoms with E-state index in [1.54, 1.807) is 36.4 Å². The van der Waals surface area contributed by atoms with E-state index < -0.39 is 5.91 Å². The number of aromatic nitrogens is 2. The number of hydrogen-bond acceptors (Lipinski definition) is 16. The van der Waals surface area contributed by atoms with Crippen LogP contribution in [0.3, 0.4) is 0 Å². The van der Waals surface area contributed by atoms with E-state index in [4.69, 9.17) is 57.7 Å². The fourth-order valence-electron chi connectivity index (χ4n) is 4.93. The predicted molar refractivity (Wildman–Crippen MR) is 229 cm³/mol. The summed E-state index contributed by atoms with van der Waals surface area (Å²) in [7, 11) is 0. The summed E-state index contributed by atoms with van der Waals surface area (Å²) in [4.78, 5) is 94.0. The van der Waals surface area contributed by atoms with Crippen molar-refractivity contribution in [3.8, 4) is 29.0 Å². The number of carbonyl (C=O) groups is 3. The van der Waals surface area contributed by atoms with Crippen LogP contribution < -0.4 is 31.6 Å². The summed E-state index contributed by atoms with van der Waals surface area (Å²) in [5, 5.41) is 7.98. The highest BCUT2D eigenvalue weighted by Crippen LogP contribution is 2.37. The van der Waals surface area contributed by atoms with Gasteiger partial charge in [0.15, 0.2) is 5.82 Å². The van der Waals surface area contributed by atoms with E-state index in [-0.39, 0.29) is 41.8 Å². The van der Waals surface area contributed by atoms with E-state index in [1.807, 2.05) is 88.4 Å². The van der Waals surface area contributed by atoms with Crippen LogP contribution >= 0.6 is 0 Å². The zero-order valence-corrected chi connectivity index (χ0v) is 34.9. The zero-order chi connectivity index (χ0) is 48.0. The Morgan fingerprint density at radius 3 is 1.70 bits per heavy atom. The van der Waals surface area contributed by atoms with Gasteiger partial charge in [-0.1, -0.05) is 42.0 Å². The molecular weight excluding hydrogens is 827 g/mol.